The number of phenols is 2. The van der Waals surface area contributed by atoms with Crippen LogP contribution in [-0.2, 0) is 41.6 Å². The second-order valence-corrected chi connectivity index (χ2v) is 32.8. The van der Waals surface area contributed by atoms with E-state index in [9.17, 15) is 40.5 Å². The molecule has 16 unspecified atom stereocenters. The summed E-state index contributed by atoms with van der Waals surface area (Å²) in [5.74, 6) is 16.8. The van der Waals surface area contributed by atoms with E-state index in [0.29, 0.717) is 65.7 Å². The zero-order chi connectivity index (χ0) is 65.7. The number of aromatic hydroxyl groups is 2. The van der Waals surface area contributed by atoms with Crippen LogP contribution in [0.2, 0.25) is 0 Å². The van der Waals surface area contributed by atoms with Gasteiger partial charge >= 0.3 is 0 Å². The second-order valence-electron chi connectivity index (χ2n) is 30.2. The normalized spacial score (nSPS) is 35.0. The predicted molar refractivity (Wildman–Crippen MR) is 365 cm³/mol. The summed E-state index contributed by atoms with van der Waals surface area (Å²) in [5.41, 5.74) is 11.3. The van der Waals surface area contributed by atoms with Crippen LogP contribution >= 0.6 is 21.6 Å². The van der Waals surface area contributed by atoms with Gasteiger partial charge in [-0.3, -0.25) is 10.1 Å². The summed E-state index contributed by atoms with van der Waals surface area (Å²) in [7, 11) is 5.25. The van der Waals surface area contributed by atoms with Gasteiger partial charge in [0.15, 0.2) is 35.8 Å². The Balaban J connectivity index is 1.00. The third-order valence-electron chi connectivity index (χ3n) is 24.5. The Morgan fingerprint density at radius 2 is 1.70 bits per heavy atom. The quantitative estimate of drug-likeness (QED) is 0.0413. The van der Waals surface area contributed by atoms with Crippen LogP contribution in [0.5, 0.6) is 28.7 Å². The Labute approximate surface area is 562 Å². The molecular formula is C75H99N5O12S2. The van der Waals surface area contributed by atoms with Crippen molar-refractivity contribution in [1.29, 1.82) is 0 Å². The van der Waals surface area contributed by atoms with E-state index >= 15 is 0 Å². The van der Waals surface area contributed by atoms with Crippen molar-refractivity contribution in [3.05, 3.63) is 87.5 Å². The van der Waals surface area contributed by atoms with Crippen LogP contribution in [0.4, 0.5) is 0 Å². The van der Waals surface area contributed by atoms with Gasteiger partial charge in [-0.05, 0) is 190 Å². The number of aryl methyl sites for hydroxylation is 2. The van der Waals surface area contributed by atoms with Crippen LogP contribution < -0.4 is 35.9 Å². The number of allylic oxidation sites excluding steroid dienone is 1. The number of hydrogen-bond acceptors (Lipinski definition) is 19. The van der Waals surface area contributed by atoms with Gasteiger partial charge in [0.2, 0.25) is 6.29 Å². The van der Waals surface area contributed by atoms with Crippen molar-refractivity contribution in [2.75, 3.05) is 45.3 Å². The van der Waals surface area contributed by atoms with Crippen molar-refractivity contribution in [2.24, 2.45) is 67.9 Å². The number of hydrogen-bond donors (Lipinski definition) is 11. The number of ether oxygens (including phenoxy) is 4. The van der Waals surface area contributed by atoms with Gasteiger partial charge in [0.05, 0.1) is 48.0 Å². The third kappa shape index (κ3) is 12.8. The summed E-state index contributed by atoms with van der Waals surface area (Å²) in [6.07, 6.45) is 17.0. The van der Waals surface area contributed by atoms with Crippen molar-refractivity contribution in [1.82, 2.24) is 16.0 Å². The average molecular weight is 1330 g/mol. The highest BCUT2D eigenvalue weighted by Crippen LogP contribution is 2.77. The molecule has 94 heavy (non-hydrogen) atoms. The molecule has 3 aromatic rings. The summed E-state index contributed by atoms with van der Waals surface area (Å²) >= 11 is 0. The average Bonchev–Trinajstić information content (AvgIpc) is 1.49. The minimum absolute atomic E-state index is 0.0130. The van der Waals surface area contributed by atoms with Gasteiger partial charge in [-0.1, -0.05) is 102 Å². The minimum atomic E-state index is -1.31. The molecule has 11 aliphatic rings. The lowest BCUT2D eigenvalue weighted by atomic mass is 9.46. The Kier molecular flexibility index (Phi) is 19.8. The second kappa shape index (κ2) is 27.6. The zero-order valence-electron chi connectivity index (χ0n) is 55.2. The highest BCUT2D eigenvalue weighted by molar-refractivity contribution is 8.76. The molecule has 17 nitrogen and oxygen atoms in total. The first-order valence-corrected chi connectivity index (χ1v) is 37.4. The fourth-order valence-corrected chi connectivity index (χ4v) is 22.9. The number of aliphatic imine (C=N–C) groups is 1. The summed E-state index contributed by atoms with van der Waals surface area (Å²) in [6, 6.07) is 10.6. The first-order chi connectivity index (χ1) is 45.3. The van der Waals surface area contributed by atoms with Crippen LogP contribution in [0, 0.1) is 80.8 Å². The van der Waals surface area contributed by atoms with Gasteiger partial charge in [-0.25, -0.2) is 4.99 Å². The number of aliphatic hydroxyl groups excluding tert-OH is 5. The number of methoxy groups -OCH3 is 1. The zero-order valence-corrected chi connectivity index (χ0v) is 56.9. The number of Topliss-reactive ketones (excluding diaryl/α,β-unsaturated/α-hetero) is 1. The largest absolute Gasteiger partial charge is 0.508 e. The van der Waals surface area contributed by atoms with E-state index in [1.807, 2.05) is 19.1 Å². The maximum Gasteiger partial charge on any atom is 0.201 e. The molecule has 14 rings (SSSR count). The highest BCUT2D eigenvalue weighted by Gasteiger charge is 2.71. The lowest BCUT2D eigenvalue weighted by molar-refractivity contribution is -0.121. The number of nitrogens with zero attached hydrogens (tertiary/aromatic N) is 1. The molecule has 3 aromatic carbocycles. The molecule has 4 heterocycles. The molecule has 0 radical (unpaired) electrons. The minimum Gasteiger partial charge on any atom is -0.508 e. The number of carbonyl (C=O) groups is 1. The molecule has 12 N–H and O–H groups in total. The lowest BCUT2D eigenvalue weighted by Crippen LogP contribution is -2.67. The Morgan fingerprint density at radius 3 is 2.49 bits per heavy atom. The fraction of sp³-hybridized carbons (Fsp3) is 0.653. The van der Waals surface area contributed by atoms with Gasteiger partial charge in [0.25, 0.3) is 0 Å². The van der Waals surface area contributed by atoms with Crippen molar-refractivity contribution < 1.29 is 59.5 Å². The summed E-state index contributed by atoms with van der Waals surface area (Å²) in [6.45, 7) is 5.83. The third-order valence-corrected chi connectivity index (χ3v) is 27.0. The molecule has 19 heteroatoms. The number of fused-ring (bicyclic) bond motifs is 9. The maximum absolute atomic E-state index is 13.7. The van der Waals surface area contributed by atoms with E-state index in [2.05, 4.69) is 77.8 Å². The smallest absolute Gasteiger partial charge is 0.201 e. The van der Waals surface area contributed by atoms with Gasteiger partial charge in [0, 0.05) is 79.0 Å². The van der Waals surface area contributed by atoms with E-state index in [-0.39, 0.29) is 126 Å². The standard InChI is InChI=1S/C75H99N5O12S2/c1-44(2)63-38-94-93-37-60-59-32-58-47-11-15-53(85)30-52(84)14-10-46-13-17-64(87)67(91-43-82)55(46)9-7-8-48(28-47)66(68(58)92-69(59)88)90-42-78-75-41-74(26-19-51(75)29-57(65(36-81)89-4)50-18-25-72(75,34-50)27-21-62(60)79-70(76)80-63)40-71(39-73(74)22-5-6-23-73)24-20-61(77-35-45(3)83)56-31-54(86)16-12-49(56)33-71/h12-13,16-18,25,28,31,44-45,50-51,53,57,59-63,65,69,77-78,81-83,85-88H,5-6,8,10-11,14-15,19-20,22-24,26,29-30,32-43H2,1-4H3,(H3,76,79,80). The van der Waals surface area contributed by atoms with Crippen molar-refractivity contribution in [2.45, 2.75) is 204 Å². The van der Waals surface area contributed by atoms with Crippen molar-refractivity contribution in [3.8, 4) is 52.4 Å². The molecule has 0 aromatic heterocycles. The Bertz CT molecular complexity index is 3500. The maximum atomic E-state index is 13.7. The summed E-state index contributed by atoms with van der Waals surface area (Å²) in [5, 5.41) is 90.6. The molecule has 4 fully saturated rings. The van der Waals surface area contributed by atoms with Crippen molar-refractivity contribution in [3.63, 3.8) is 0 Å². The van der Waals surface area contributed by atoms with Crippen molar-refractivity contribution >= 4 is 33.3 Å². The molecule has 8 bridgehead atoms. The van der Waals surface area contributed by atoms with Gasteiger partial charge in [-0.15, -0.1) is 0 Å². The monoisotopic (exact) mass is 1330 g/mol. The SMILES string of the molecule is COC(CO)C1CC2CCC3(CC4(CCC(NCC(C)O)c5cc(O)ccc5C4)CC34CCCC4)CC23NCOc2c4cc(c5c2OC(O)C(C5)C2CSSCC(C(C)C)N=C(N)NC2C#CC32C=CC1C2)CCC(O)CC(=O)CCc1ccc(O)c(OCO)c1C#CC4. The van der Waals surface area contributed by atoms with E-state index in [1.165, 1.54) is 24.5 Å². The number of carbonyl (C=O) groups excluding carboxylic acids is 1. The molecular weight excluding hydrogens is 1230 g/mol. The van der Waals surface area contributed by atoms with E-state index in [1.54, 1.807) is 34.8 Å². The lowest BCUT2D eigenvalue weighted by Gasteiger charge is -2.61. The first-order valence-electron chi connectivity index (χ1n) is 34.9. The van der Waals surface area contributed by atoms with Gasteiger partial charge < -0.3 is 71.1 Å². The number of phenolic OH excluding ortho intramolecular Hbond substituents is 2. The number of ketones is 1. The number of nitrogens with two attached hydrogens (primary N) is 1. The van der Waals surface area contributed by atoms with Crippen LogP contribution in [-0.4, -0.2) is 135 Å². The molecule has 4 saturated carbocycles. The number of aliphatic hydroxyl groups is 5. The van der Waals surface area contributed by atoms with E-state index in [4.69, 9.17) is 29.7 Å². The molecule has 16 atom stereocenters. The number of benzene rings is 3. The van der Waals surface area contributed by atoms with E-state index < -0.39 is 54.3 Å². The van der Waals surface area contributed by atoms with Gasteiger partial charge in [-0.2, -0.15) is 0 Å². The topological polar surface area (TPSA) is 270 Å². The van der Waals surface area contributed by atoms with Crippen LogP contribution in [0.3, 0.4) is 0 Å². The van der Waals surface area contributed by atoms with Crippen LogP contribution in [0.25, 0.3) is 0 Å². The molecule has 5 spiro atoms. The number of guanidine groups is 1. The Hall–Kier alpha value is -5.16. The molecule has 0 amide bonds. The predicted octanol–water partition coefficient (Wildman–Crippen LogP) is 8.84. The molecule has 508 valence electrons. The van der Waals surface area contributed by atoms with Crippen LogP contribution in [0.15, 0.2) is 53.5 Å². The molecule has 4 aliphatic heterocycles. The van der Waals surface area contributed by atoms with E-state index in [0.717, 1.165) is 93.1 Å². The number of nitrogens with one attached hydrogen (secondary N) is 3. The Morgan fingerprint density at radius 1 is 0.894 bits per heavy atom. The van der Waals surface area contributed by atoms with Crippen LogP contribution in [0.1, 0.15) is 168 Å². The first kappa shape index (κ1) is 67.4. The summed E-state index contributed by atoms with van der Waals surface area (Å²) < 4.78 is 26.5. The number of rotatable bonds is 9. The summed E-state index contributed by atoms with van der Waals surface area (Å²) in [4.78, 5) is 18.8. The van der Waals surface area contributed by atoms with Gasteiger partial charge in [0.1, 0.15) is 18.3 Å². The fourth-order valence-electron chi connectivity index (χ4n) is 20.0. The highest BCUT2D eigenvalue weighted by atomic mass is 33.1. The molecule has 0 saturated heterocycles. The molecule has 7 aliphatic carbocycles.